The highest BCUT2D eigenvalue weighted by Gasteiger charge is 2.63. The van der Waals surface area contributed by atoms with Gasteiger partial charge in [0.1, 0.15) is 11.6 Å². The van der Waals surface area contributed by atoms with Gasteiger partial charge in [0.05, 0.1) is 6.42 Å². The van der Waals surface area contributed by atoms with E-state index >= 15 is 0 Å². The predicted molar refractivity (Wildman–Crippen MR) is 118 cm³/mol. The van der Waals surface area contributed by atoms with Crippen molar-refractivity contribution >= 4 is 33.1 Å². The first kappa shape index (κ1) is 16.5. The van der Waals surface area contributed by atoms with Gasteiger partial charge in [-0.2, -0.15) is 0 Å². The van der Waals surface area contributed by atoms with Gasteiger partial charge in [0.15, 0.2) is 0 Å². The first-order valence-electron chi connectivity index (χ1n) is 10.7. The molecule has 4 aliphatic carbocycles. The second-order valence-corrected chi connectivity index (χ2v) is 9.37. The van der Waals surface area contributed by atoms with Crippen LogP contribution in [0.4, 0.5) is 0 Å². The van der Waals surface area contributed by atoms with Crippen molar-refractivity contribution in [2.75, 3.05) is 0 Å². The number of benzene rings is 4. The summed E-state index contributed by atoms with van der Waals surface area (Å²) in [6.45, 7) is 2.21. The minimum atomic E-state index is -0.471. The second kappa shape index (κ2) is 5.26. The van der Waals surface area contributed by atoms with Crippen LogP contribution in [-0.4, -0.2) is 11.6 Å². The van der Waals surface area contributed by atoms with Crippen molar-refractivity contribution in [1.82, 2.24) is 0 Å². The second-order valence-electron chi connectivity index (χ2n) is 9.37. The molecule has 2 heteroatoms. The van der Waals surface area contributed by atoms with Gasteiger partial charge in [-0.05, 0) is 55.9 Å². The first-order valence-corrected chi connectivity index (χ1v) is 10.7. The molecule has 0 saturated heterocycles. The number of rotatable bonds is 0. The third-order valence-electron chi connectivity index (χ3n) is 8.03. The largest absolute Gasteiger partial charge is 0.299 e. The number of carbonyl (C=O) groups excluding carboxylic acids is 2. The Balaban J connectivity index is 1.65. The summed E-state index contributed by atoms with van der Waals surface area (Å²) in [6.07, 6.45) is 0.0858. The number of Topliss-reactive ketones (excluding diaryl/α,β-unsaturated/α-hetero) is 2. The SMILES string of the molecule is CC12c3cc4ccccc4cc3C(c3cc4ccccc4cc31)C1C(=O)CC(=O)C12. The summed E-state index contributed by atoms with van der Waals surface area (Å²) in [5.74, 6) is -0.272. The molecule has 4 aromatic rings. The fraction of sp³-hybridized carbons (Fsp3) is 0.214. The zero-order valence-electron chi connectivity index (χ0n) is 16.7. The monoisotopic (exact) mass is 388 g/mol. The van der Waals surface area contributed by atoms with Crippen molar-refractivity contribution in [3.63, 3.8) is 0 Å². The van der Waals surface area contributed by atoms with Crippen LogP contribution in [0.5, 0.6) is 0 Å². The molecule has 0 aromatic heterocycles. The average Bonchev–Trinajstić information content (AvgIpc) is 3.07. The molecule has 0 aliphatic heterocycles. The molecule has 30 heavy (non-hydrogen) atoms. The van der Waals surface area contributed by atoms with Crippen molar-refractivity contribution in [3.8, 4) is 0 Å². The van der Waals surface area contributed by atoms with Crippen LogP contribution in [0.3, 0.4) is 0 Å². The highest BCUT2D eigenvalue weighted by atomic mass is 16.2. The number of carbonyl (C=O) groups is 2. The number of hydrogen-bond acceptors (Lipinski definition) is 2. The van der Waals surface area contributed by atoms with E-state index in [1.54, 1.807) is 0 Å². The summed E-state index contributed by atoms with van der Waals surface area (Å²) in [4.78, 5) is 26.2. The normalized spacial score (nSPS) is 28.6. The first-order chi connectivity index (χ1) is 14.6. The Hall–Kier alpha value is -3.26. The van der Waals surface area contributed by atoms with Crippen LogP contribution < -0.4 is 0 Å². The van der Waals surface area contributed by atoms with Gasteiger partial charge < -0.3 is 0 Å². The Morgan fingerprint density at radius 1 is 0.700 bits per heavy atom. The van der Waals surface area contributed by atoms with E-state index < -0.39 is 5.41 Å². The summed E-state index contributed by atoms with van der Waals surface area (Å²) in [6, 6.07) is 25.9. The smallest absolute Gasteiger partial charge is 0.145 e. The topological polar surface area (TPSA) is 34.1 Å². The molecule has 2 atom stereocenters. The van der Waals surface area contributed by atoms with E-state index in [9.17, 15) is 9.59 Å². The number of hydrogen-bond donors (Lipinski definition) is 0. The third kappa shape index (κ3) is 1.77. The lowest BCUT2D eigenvalue weighted by molar-refractivity contribution is -0.123. The van der Waals surface area contributed by atoms with E-state index in [1.807, 2.05) is 0 Å². The third-order valence-corrected chi connectivity index (χ3v) is 8.03. The van der Waals surface area contributed by atoms with Crippen LogP contribution in [-0.2, 0) is 15.0 Å². The summed E-state index contributed by atoms with van der Waals surface area (Å²) >= 11 is 0. The molecule has 4 aliphatic rings. The van der Waals surface area contributed by atoms with Gasteiger partial charge in [-0.25, -0.2) is 0 Å². The summed E-state index contributed by atoms with van der Waals surface area (Å²) < 4.78 is 0. The molecule has 2 bridgehead atoms. The fourth-order valence-electron chi connectivity index (χ4n) is 6.81. The Morgan fingerprint density at radius 3 is 1.67 bits per heavy atom. The summed E-state index contributed by atoms with van der Waals surface area (Å²) in [5.41, 5.74) is 4.48. The fourth-order valence-corrected chi connectivity index (χ4v) is 6.81. The summed E-state index contributed by atoms with van der Waals surface area (Å²) in [5, 5.41) is 4.78. The van der Waals surface area contributed by atoms with Gasteiger partial charge >= 0.3 is 0 Å². The molecular formula is C28H20O2. The molecule has 144 valence electrons. The predicted octanol–water partition coefficient (Wildman–Crippen LogP) is 5.53. The van der Waals surface area contributed by atoms with Gasteiger partial charge in [0.2, 0.25) is 0 Å². The standard InChI is InChI=1S/C28H20O2/c1-28-21-12-17-8-4-2-6-15(17)10-19(21)25(26-23(29)14-24(30)27(26)28)20-11-16-7-3-5-9-18(16)13-22(20)28/h2-13,25-27H,14H2,1H3. The van der Waals surface area contributed by atoms with E-state index in [2.05, 4.69) is 79.7 Å². The quantitative estimate of drug-likeness (QED) is 0.371. The highest BCUT2D eigenvalue weighted by molar-refractivity contribution is 6.12. The van der Waals surface area contributed by atoms with Crippen LogP contribution in [0.2, 0.25) is 0 Å². The lowest BCUT2D eigenvalue weighted by Crippen LogP contribution is -2.51. The van der Waals surface area contributed by atoms with Gasteiger partial charge in [-0.3, -0.25) is 9.59 Å². The van der Waals surface area contributed by atoms with Gasteiger partial charge in [-0.15, -0.1) is 0 Å². The minimum absolute atomic E-state index is 0.0324. The van der Waals surface area contributed by atoms with Crippen molar-refractivity contribution < 1.29 is 9.59 Å². The molecule has 1 saturated carbocycles. The van der Waals surface area contributed by atoms with Gasteiger partial charge in [0.25, 0.3) is 0 Å². The zero-order valence-corrected chi connectivity index (χ0v) is 16.7. The molecule has 2 nitrogen and oxygen atoms in total. The summed E-state index contributed by atoms with van der Waals surface area (Å²) in [7, 11) is 0. The molecule has 2 unspecified atom stereocenters. The van der Waals surface area contributed by atoms with Crippen molar-refractivity contribution in [2.45, 2.75) is 24.7 Å². The Labute approximate surface area is 174 Å². The van der Waals surface area contributed by atoms with Crippen LogP contribution >= 0.6 is 0 Å². The number of fused-ring (bicyclic) bond motifs is 2. The maximum Gasteiger partial charge on any atom is 0.145 e. The van der Waals surface area contributed by atoms with Crippen molar-refractivity contribution in [2.24, 2.45) is 11.8 Å². The molecule has 0 amide bonds. The van der Waals surface area contributed by atoms with Gasteiger partial charge in [0, 0.05) is 23.2 Å². The maximum absolute atomic E-state index is 13.1. The van der Waals surface area contributed by atoms with Gasteiger partial charge in [-0.1, -0.05) is 67.6 Å². The maximum atomic E-state index is 13.1. The Morgan fingerprint density at radius 2 is 1.17 bits per heavy atom. The molecule has 4 aromatic carbocycles. The molecule has 0 heterocycles. The molecule has 0 N–H and O–H groups in total. The van der Waals surface area contributed by atoms with Crippen LogP contribution in [0.15, 0.2) is 72.8 Å². The molecule has 0 spiro atoms. The van der Waals surface area contributed by atoms with E-state index in [-0.39, 0.29) is 35.7 Å². The lowest BCUT2D eigenvalue weighted by atomic mass is 9.47. The van der Waals surface area contributed by atoms with Crippen LogP contribution in [0.25, 0.3) is 21.5 Å². The van der Waals surface area contributed by atoms with Crippen molar-refractivity contribution in [3.05, 3.63) is 95.1 Å². The molecule has 8 rings (SSSR count). The molecule has 0 radical (unpaired) electrons. The van der Waals surface area contributed by atoms with Crippen LogP contribution in [0, 0.1) is 11.8 Å². The lowest BCUT2D eigenvalue weighted by Gasteiger charge is -2.53. The van der Waals surface area contributed by atoms with E-state index in [1.165, 1.54) is 43.8 Å². The Bertz CT molecular complexity index is 1360. The van der Waals surface area contributed by atoms with E-state index in [0.717, 1.165) is 0 Å². The molecule has 1 fully saturated rings. The van der Waals surface area contributed by atoms with E-state index in [0.29, 0.717) is 0 Å². The molecular weight excluding hydrogens is 368 g/mol. The highest BCUT2D eigenvalue weighted by Crippen LogP contribution is 2.64. The zero-order chi connectivity index (χ0) is 20.2. The van der Waals surface area contributed by atoms with E-state index in [4.69, 9.17) is 0 Å². The average molecular weight is 388 g/mol. The number of ketones is 2. The Kier molecular flexibility index (Phi) is 2.90. The minimum Gasteiger partial charge on any atom is -0.299 e. The van der Waals surface area contributed by atoms with Crippen LogP contribution in [0.1, 0.15) is 41.5 Å². The van der Waals surface area contributed by atoms with Crippen molar-refractivity contribution in [1.29, 1.82) is 0 Å².